The van der Waals surface area contributed by atoms with Gasteiger partial charge >= 0.3 is 0 Å². The van der Waals surface area contributed by atoms with Gasteiger partial charge in [0, 0.05) is 44.7 Å². The molecule has 0 spiro atoms. The van der Waals surface area contributed by atoms with Crippen LogP contribution in [-0.4, -0.2) is 65.7 Å². The zero-order chi connectivity index (χ0) is 13.5. The van der Waals surface area contributed by atoms with E-state index in [0.29, 0.717) is 11.5 Å². The SMILES string of the molecule is CNC(=O)c1ccc(NCCN2CCSCC2)nn1. The van der Waals surface area contributed by atoms with Crippen molar-refractivity contribution in [3.8, 4) is 0 Å². The van der Waals surface area contributed by atoms with Gasteiger partial charge < -0.3 is 10.6 Å². The minimum absolute atomic E-state index is 0.218. The van der Waals surface area contributed by atoms with E-state index in [4.69, 9.17) is 0 Å². The summed E-state index contributed by atoms with van der Waals surface area (Å²) in [5.41, 5.74) is 0.334. The molecule has 1 amide bonds. The zero-order valence-corrected chi connectivity index (χ0v) is 11.9. The molecule has 1 aliphatic rings. The lowest BCUT2D eigenvalue weighted by Gasteiger charge is -2.26. The summed E-state index contributed by atoms with van der Waals surface area (Å²) in [6.45, 7) is 4.18. The van der Waals surface area contributed by atoms with Gasteiger partial charge in [0.2, 0.25) is 0 Å². The van der Waals surface area contributed by atoms with Gasteiger partial charge in [0.15, 0.2) is 5.69 Å². The van der Waals surface area contributed by atoms with Crippen LogP contribution in [0.4, 0.5) is 5.82 Å². The van der Waals surface area contributed by atoms with Gasteiger partial charge in [-0.3, -0.25) is 9.69 Å². The van der Waals surface area contributed by atoms with Gasteiger partial charge in [0.1, 0.15) is 5.82 Å². The molecule has 104 valence electrons. The molecular weight excluding hydrogens is 262 g/mol. The lowest BCUT2D eigenvalue weighted by atomic mass is 10.3. The number of aromatic nitrogens is 2. The van der Waals surface area contributed by atoms with Crippen LogP contribution in [-0.2, 0) is 0 Å². The van der Waals surface area contributed by atoms with Gasteiger partial charge in [0.25, 0.3) is 5.91 Å². The number of hydrogen-bond donors (Lipinski definition) is 2. The van der Waals surface area contributed by atoms with E-state index in [1.54, 1.807) is 19.2 Å². The standard InChI is InChI=1S/C12H19N5OS/c1-13-12(18)10-2-3-11(16-15-10)14-4-5-17-6-8-19-9-7-17/h2-3H,4-9H2,1H3,(H,13,18)(H,14,16). The van der Waals surface area contributed by atoms with E-state index in [9.17, 15) is 4.79 Å². The number of carbonyl (C=O) groups is 1. The highest BCUT2D eigenvalue weighted by Gasteiger charge is 2.09. The summed E-state index contributed by atoms with van der Waals surface area (Å²) < 4.78 is 0. The van der Waals surface area contributed by atoms with Crippen LogP contribution < -0.4 is 10.6 Å². The molecule has 7 heteroatoms. The number of amides is 1. The highest BCUT2D eigenvalue weighted by Crippen LogP contribution is 2.08. The lowest BCUT2D eigenvalue weighted by Crippen LogP contribution is -2.36. The maximum absolute atomic E-state index is 11.3. The molecule has 2 N–H and O–H groups in total. The highest BCUT2D eigenvalue weighted by molar-refractivity contribution is 7.99. The topological polar surface area (TPSA) is 70.2 Å². The third-order valence-electron chi connectivity index (χ3n) is 2.96. The Kier molecular flexibility index (Phi) is 5.41. The second-order valence-corrected chi connectivity index (χ2v) is 5.49. The van der Waals surface area contributed by atoms with Gasteiger partial charge in [-0.25, -0.2) is 0 Å². The molecule has 19 heavy (non-hydrogen) atoms. The van der Waals surface area contributed by atoms with Crippen molar-refractivity contribution < 1.29 is 4.79 Å². The maximum atomic E-state index is 11.3. The third kappa shape index (κ3) is 4.36. The summed E-state index contributed by atoms with van der Waals surface area (Å²) in [4.78, 5) is 13.7. The molecule has 1 aromatic rings. The fraction of sp³-hybridized carbons (Fsp3) is 0.583. The number of rotatable bonds is 5. The fourth-order valence-electron chi connectivity index (χ4n) is 1.84. The van der Waals surface area contributed by atoms with E-state index in [2.05, 4.69) is 25.7 Å². The van der Waals surface area contributed by atoms with Crippen molar-refractivity contribution in [2.24, 2.45) is 0 Å². The number of nitrogens with zero attached hydrogens (tertiary/aromatic N) is 3. The minimum atomic E-state index is -0.218. The van der Waals surface area contributed by atoms with Gasteiger partial charge in [-0.15, -0.1) is 10.2 Å². The van der Waals surface area contributed by atoms with Gasteiger partial charge in [-0.05, 0) is 12.1 Å². The van der Waals surface area contributed by atoms with Crippen LogP contribution in [0.1, 0.15) is 10.5 Å². The first kappa shape index (κ1) is 14.1. The summed E-state index contributed by atoms with van der Waals surface area (Å²) in [7, 11) is 1.58. The Labute approximate surface area is 117 Å². The number of nitrogens with one attached hydrogen (secondary N) is 2. The van der Waals surface area contributed by atoms with Crippen LogP contribution in [0.25, 0.3) is 0 Å². The number of carbonyl (C=O) groups excluding carboxylic acids is 1. The molecule has 1 aliphatic heterocycles. The Morgan fingerprint density at radius 2 is 2.16 bits per heavy atom. The smallest absolute Gasteiger partial charge is 0.271 e. The van der Waals surface area contributed by atoms with Crippen LogP contribution in [0, 0.1) is 0 Å². The van der Waals surface area contributed by atoms with E-state index in [0.717, 1.165) is 26.2 Å². The average molecular weight is 281 g/mol. The monoisotopic (exact) mass is 281 g/mol. The molecule has 0 aromatic carbocycles. The van der Waals surface area contributed by atoms with Crippen molar-refractivity contribution in [2.75, 3.05) is 50.0 Å². The maximum Gasteiger partial charge on any atom is 0.271 e. The van der Waals surface area contributed by atoms with Crippen LogP contribution >= 0.6 is 11.8 Å². The van der Waals surface area contributed by atoms with E-state index in [1.807, 2.05) is 11.8 Å². The second-order valence-electron chi connectivity index (χ2n) is 4.26. The van der Waals surface area contributed by atoms with Crippen LogP contribution in [0.15, 0.2) is 12.1 Å². The second kappa shape index (κ2) is 7.30. The Bertz CT molecular complexity index is 405. The Balaban J connectivity index is 1.75. The van der Waals surface area contributed by atoms with Gasteiger partial charge in [-0.2, -0.15) is 11.8 Å². The van der Waals surface area contributed by atoms with Crippen LogP contribution in [0.3, 0.4) is 0 Å². The van der Waals surface area contributed by atoms with E-state index >= 15 is 0 Å². The van der Waals surface area contributed by atoms with Crippen molar-refractivity contribution in [2.45, 2.75) is 0 Å². The molecule has 6 nitrogen and oxygen atoms in total. The first-order valence-electron chi connectivity index (χ1n) is 6.39. The largest absolute Gasteiger partial charge is 0.367 e. The summed E-state index contributed by atoms with van der Waals surface area (Å²) in [6, 6.07) is 3.45. The molecule has 0 radical (unpaired) electrons. The van der Waals surface area contributed by atoms with E-state index < -0.39 is 0 Å². The van der Waals surface area contributed by atoms with Gasteiger partial charge in [-0.1, -0.05) is 0 Å². The predicted octanol–water partition coefficient (Wildman–Crippen LogP) is 0.297. The minimum Gasteiger partial charge on any atom is -0.367 e. The number of hydrogen-bond acceptors (Lipinski definition) is 6. The molecule has 2 rings (SSSR count). The molecule has 2 heterocycles. The van der Waals surface area contributed by atoms with Crippen molar-refractivity contribution in [1.29, 1.82) is 0 Å². The number of thioether (sulfide) groups is 1. The molecule has 0 bridgehead atoms. The van der Waals surface area contributed by atoms with Crippen LogP contribution in [0.2, 0.25) is 0 Å². The molecule has 0 unspecified atom stereocenters. The summed E-state index contributed by atoms with van der Waals surface area (Å²) in [5, 5.41) is 13.6. The summed E-state index contributed by atoms with van der Waals surface area (Å²) in [6.07, 6.45) is 0. The highest BCUT2D eigenvalue weighted by atomic mass is 32.2. The zero-order valence-electron chi connectivity index (χ0n) is 11.1. The molecular formula is C12H19N5OS. The molecule has 0 atom stereocenters. The van der Waals surface area contributed by atoms with Crippen molar-refractivity contribution in [3.05, 3.63) is 17.8 Å². The Hall–Kier alpha value is -1.34. The molecule has 1 aromatic heterocycles. The van der Waals surface area contributed by atoms with E-state index in [-0.39, 0.29) is 5.91 Å². The fourth-order valence-corrected chi connectivity index (χ4v) is 2.82. The quantitative estimate of drug-likeness (QED) is 0.809. The first-order chi connectivity index (χ1) is 9.29. The molecule has 0 aliphatic carbocycles. The van der Waals surface area contributed by atoms with Crippen molar-refractivity contribution in [1.82, 2.24) is 20.4 Å². The normalized spacial score (nSPS) is 16.1. The molecule has 1 saturated heterocycles. The van der Waals surface area contributed by atoms with Gasteiger partial charge in [0.05, 0.1) is 0 Å². The number of anilines is 1. The lowest BCUT2D eigenvalue weighted by molar-refractivity contribution is 0.0957. The van der Waals surface area contributed by atoms with E-state index in [1.165, 1.54) is 11.5 Å². The van der Waals surface area contributed by atoms with Crippen molar-refractivity contribution >= 4 is 23.5 Å². The molecule has 1 fully saturated rings. The third-order valence-corrected chi connectivity index (χ3v) is 3.90. The summed E-state index contributed by atoms with van der Waals surface area (Å²) in [5.74, 6) is 2.94. The Morgan fingerprint density at radius 3 is 2.79 bits per heavy atom. The Morgan fingerprint density at radius 1 is 1.37 bits per heavy atom. The van der Waals surface area contributed by atoms with Crippen LogP contribution in [0.5, 0.6) is 0 Å². The average Bonchev–Trinajstić information content (AvgIpc) is 2.48. The predicted molar refractivity (Wildman–Crippen MR) is 77.7 cm³/mol. The van der Waals surface area contributed by atoms with Crippen molar-refractivity contribution in [3.63, 3.8) is 0 Å². The molecule has 0 saturated carbocycles. The summed E-state index contributed by atoms with van der Waals surface area (Å²) >= 11 is 2.01. The first-order valence-corrected chi connectivity index (χ1v) is 7.55.